The summed E-state index contributed by atoms with van der Waals surface area (Å²) >= 11 is 1.52. The molecule has 0 aliphatic rings. The molecular formula is C24H32N4O2S. The molecule has 7 heteroatoms. The fourth-order valence-corrected chi connectivity index (χ4v) is 4.45. The average molecular weight is 441 g/mol. The molecule has 0 unspecified atom stereocenters. The van der Waals surface area contributed by atoms with Crippen LogP contribution < -0.4 is 14.5 Å². The van der Waals surface area contributed by atoms with Gasteiger partial charge in [0.2, 0.25) is 0 Å². The van der Waals surface area contributed by atoms with Gasteiger partial charge in [0, 0.05) is 37.4 Å². The predicted molar refractivity (Wildman–Crippen MR) is 131 cm³/mol. The van der Waals surface area contributed by atoms with Gasteiger partial charge in [0.05, 0.1) is 11.3 Å². The summed E-state index contributed by atoms with van der Waals surface area (Å²) < 4.78 is 6.75. The second-order valence-corrected chi connectivity index (χ2v) is 8.52. The first-order chi connectivity index (χ1) is 15.0. The number of aromatic nitrogens is 1. The Morgan fingerprint density at radius 2 is 1.71 bits per heavy atom. The normalized spacial score (nSPS) is 11.2. The molecule has 0 aliphatic carbocycles. The zero-order valence-corrected chi connectivity index (χ0v) is 19.9. The number of carbonyl (C=O) groups is 1. The molecule has 0 saturated heterocycles. The van der Waals surface area contributed by atoms with Crippen molar-refractivity contribution >= 4 is 38.3 Å². The molecule has 0 N–H and O–H groups in total. The quantitative estimate of drug-likeness (QED) is 0.455. The summed E-state index contributed by atoms with van der Waals surface area (Å²) in [5.41, 5.74) is 2.60. The first-order valence-electron chi connectivity index (χ1n) is 10.8. The largest absolute Gasteiger partial charge is 0.492 e. The second-order valence-electron chi connectivity index (χ2n) is 7.51. The Hall–Kier alpha value is -2.64. The Bertz CT molecular complexity index is 996. The van der Waals surface area contributed by atoms with E-state index >= 15 is 0 Å². The summed E-state index contributed by atoms with van der Waals surface area (Å²) in [7, 11) is 4.01. The Balaban J connectivity index is 1.94. The lowest BCUT2D eigenvalue weighted by Gasteiger charge is -2.23. The van der Waals surface area contributed by atoms with Gasteiger partial charge in [-0.05, 0) is 71.3 Å². The van der Waals surface area contributed by atoms with Crippen LogP contribution in [-0.2, 0) is 0 Å². The number of benzene rings is 2. The third-order valence-electron chi connectivity index (χ3n) is 5.16. The molecule has 0 fully saturated rings. The van der Waals surface area contributed by atoms with Gasteiger partial charge in [-0.2, -0.15) is 0 Å². The maximum absolute atomic E-state index is 13.5. The fraction of sp³-hybridized carbons (Fsp3) is 0.417. The number of hydrogen-bond donors (Lipinski definition) is 0. The summed E-state index contributed by atoms with van der Waals surface area (Å²) in [5, 5.41) is 0.696. The highest BCUT2D eigenvalue weighted by Crippen LogP contribution is 2.34. The highest BCUT2D eigenvalue weighted by atomic mass is 32.1. The van der Waals surface area contributed by atoms with Crippen LogP contribution in [0.4, 0.5) is 10.8 Å². The number of amides is 1. The number of nitrogens with zero attached hydrogens (tertiary/aromatic N) is 4. The van der Waals surface area contributed by atoms with E-state index in [-0.39, 0.29) is 5.91 Å². The lowest BCUT2D eigenvalue weighted by atomic mass is 10.1. The molecule has 0 aliphatic heterocycles. The molecule has 1 aromatic heterocycles. The van der Waals surface area contributed by atoms with Gasteiger partial charge in [-0.3, -0.25) is 9.69 Å². The number of thiazole rings is 1. The van der Waals surface area contributed by atoms with E-state index in [1.165, 1.54) is 11.3 Å². The zero-order valence-electron chi connectivity index (χ0n) is 19.1. The van der Waals surface area contributed by atoms with Crippen LogP contribution in [0.2, 0.25) is 0 Å². The van der Waals surface area contributed by atoms with E-state index in [1.54, 1.807) is 4.90 Å². The molecule has 1 heterocycles. The summed E-state index contributed by atoms with van der Waals surface area (Å²) in [6.45, 7) is 9.99. The van der Waals surface area contributed by atoms with Crippen molar-refractivity contribution in [2.24, 2.45) is 0 Å². The molecule has 3 rings (SSSR count). The minimum absolute atomic E-state index is 0.0371. The molecule has 0 radical (unpaired) electrons. The van der Waals surface area contributed by atoms with Gasteiger partial charge in [-0.15, -0.1) is 0 Å². The number of carbonyl (C=O) groups excluding carboxylic acids is 1. The fourth-order valence-electron chi connectivity index (χ4n) is 3.44. The van der Waals surface area contributed by atoms with E-state index < -0.39 is 0 Å². The molecule has 0 bridgehead atoms. The first-order valence-corrected chi connectivity index (χ1v) is 11.6. The monoisotopic (exact) mass is 440 g/mol. The van der Waals surface area contributed by atoms with Crippen molar-refractivity contribution in [3.8, 4) is 5.75 Å². The predicted octanol–water partition coefficient (Wildman–Crippen LogP) is 4.75. The highest BCUT2D eigenvalue weighted by Gasteiger charge is 2.22. The lowest BCUT2D eigenvalue weighted by Crippen LogP contribution is -2.36. The highest BCUT2D eigenvalue weighted by molar-refractivity contribution is 7.22. The van der Waals surface area contributed by atoms with E-state index in [2.05, 4.69) is 23.6 Å². The van der Waals surface area contributed by atoms with Crippen LogP contribution >= 0.6 is 11.3 Å². The van der Waals surface area contributed by atoms with E-state index in [0.717, 1.165) is 41.3 Å². The van der Waals surface area contributed by atoms with Gasteiger partial charge in [-0.25, -0.2) is 4.98 Å². The third kappa shape index (κ3) is 5.35. The molecule has 166 valence electrons. The van der Waals surface area contributed by atoms with Gasteiger partial charge in [0.15, 0.2) is 5.13 Å². The lowest BCUT2D eigenvalue weighted by molar-refractivity contribution is 0.0985. The number of ether oxygens (including phenoxy) is 1. The summed E-state index contributed by atoms with van der Waals surface area (Å²) in [6, 6.07) is 13.8. The van der Waals surface area contributed by atoms with Gasteiger partial charge < -0.3 is 14.5 Å². The zero-order chi connectivity index (χ0) is 22.4. The number of para-hydroxylation sites is 1. The van der Waals surface area contributed by atoms with Crippen LogP contribution in [0.15, 0.2) is 42.5 Å². The van der Waals surface area contributed by atoms with Gasteiger partial charge in [0.25, 0.3) is 5.91 Å². The van der Waals surface area contributed by atoms with Crippen molar-refractivity contribution in [2.45, 2.75) is 20.8 Å². The van der Waals surface area contributed by atoms with Gasteiger partial charge in [0.1, 0.15) is 11.3 Å². The number of likely N-dealkylation sites (N-methyl/N-ethyl adjacent to an activating group) is 1. The van der Waals surface area contributed by atoms with Crippen molar-refractivity contribution in [1.29, 1.82) is 0 Å². The summed E-state index contributed by atoms with van der Waals surface area (Å²) in [6.07, 6.45) is 0. The number of anilines is 2. The summed E-state index contributed by atoms with van der Waals surface area (Å²) in [4.78, 5) is 24.4. The van der Waals surface area contributed by atoms with E-state index in [9.17, 15) is 4.79 Å². The van der Waals surface area contributed by atoms with Crippen molar-refractivity contribution in [3.05, 3.63) is 48.0 Å². The van der Waals surface area contributed by atoms with Crippen molar-refractivity contribution < 1.29 is 9.53 Å². The van der Waals surface area contributed by atoms with Crippen LogP contribution in [0.5, 0.6) is 5.75 Å². The maximum Gasteiger partial charge on any atom is 0.260 e. The summed E-state index contributed by atoms with van der Waals surface area (Å²) in [5.74, 6) is 0.719. The Morgan fingerprint density at radius 3 is 2.32 bits per heavy atom. The van der Waals surface area contributed by atoms with Crippen molar-refractivity contribution in [1.82, 2.24) is 9.88 Å². The molecule has 0 saturated carbocycles. The Morgan fingerprint density at radius 1 is 1.00 bits per heavy atom. The van der Waals surface area contributed by atoms with Gasteiger partial charge in [-0.1, -0.05) is 17.4 Å². The van der Waals surface area contributed by atoms with E-state index in [0.29, 0.717) is 23.8 Å². The molecular weight excluding hydrogens is 408 g/mol. The van der Waals surface area contributed by atoms with Crippen molar-refractivity contribution in [2.75, 3.05) is 56.7 Å². The van der Waals surface area contributed by atoms with Crippen molar-refractivity contribution in [3.63, 3.8) is 0 Å². The van der Waals surface area contributed by atoms with Crippen LogP contribution in [0.3, 0.4) is 0 Å². The van der Waals surface area contributed by atoms with E-state index in [1.807, 2.05) is 63.5 Å². The Labute approximate surface area is 189 Å². The van der Waals surface area contributed by atoms with Crippen LogP contribution in [-0.4, -0.2) is 62.7 Å². The number of fused-ring (bicyclic) bond motifs is 1. The van der Waals surface area contributed by atoms with Crippen LogP contribution in [0.1, 0.15) is 31.1 Å². The third-order valence-corrected chi connectivity index (χ3v) is 6.20. The Kier molecular flexibility index (Phi) is 7.87. The molecule has 3 aromatic rings. The number of hydrogen-bond acceptors (Lipinski definition) is 6. The van der Waals surface area contributed by atoms with Crippen LogP contribution in [0, 0.1) is 0 Å². The van der Waals surface area contributed by atoms with Gasteiger partial charge >= 0.3 is 0 Å². The van der Waals surface area contributed by atoms with E-state index in [4.69, 9.17) is 9.72 Å². The minimum Gasteiger partial charge on any atom is -0.492 e. The van der Waals surface area contributed by atoms with Crippen LogP contribution in [0.25, 0.3) is 10.2 Å². The topological polar surface area (TPSA) is 48.9 Å². The molecule has 6 nitrogen and oxygen atoms in total. The molecule has 2 aromatic carbocycles. The smallest absolute Gasteiger partial charge is 0.260 e. The SMILES string of the molecule is CCOc1cccc2sc(N(CCN(C)C)C(=O)c3ccc(N(CC)CC)cc3)nc12. The molecule has 1 amide bonds. The molecule has 0 atom stereocenters. The first kappa shape index (κ1) is 23.0. The second kappa shape index (κ2) is 10.6. The average Bonchev–Trinajstić information content (AvgIpc) is 3.20. The molecule has 31 heavy (non-hydrogen) atoms. The molecule has 0 spiro atoms. The minimum atomic E-state index is -0.0371. The maximum atomic E-state index is 13.5. The number of rotatable bonds is 10. The standard InChI is InChI=1S/C24H32N4O2S/c1-6-27(7-2)19-14-12-18(13-15-19)23(29)28(17-16-26(4)5)24-25-22-20(30-8-3)10-9-11-21(22)31-24/h9-15H,6-8,16-17H2,1-5H3.